The number of aromatic nitrogens is 1. The molecule has 20 heavy (non-hydrogen) atoms. The zero-order chi connectivity index (χ0) is 14.9. The fourth-order valence-electron chi connectivity index (χ4n) is 2.50. The average molecular weight is 275 g/mol. The number of benzene rings is 1. The first kappa shape index (κ1) is 14.4. The Labute approximate surface area is 119 Å². The zero-order valence-electron chi connectivity index (χ0n) is 12.4. The van der Waals surface area contributed by atoms with Gasteiger partial charge in [-0.2, -0.15) is 0 Å². The lowest BCUT2D eigenvalue weighted by Gasteiger charge is -2.11. The van der Waals surface area contributed by atoms with E-state index in [9.17, 15) is 4.79 Å². The van der Waals surface area contributed by atoms with E-state index in [4.69, 9.17) is 9.84 Å². The van der Waals surface area contributed by atoms with Crippen molar-refractivity contribution >= 4 is 16.9 Å². The summed E-state index contributed by atoms with van der Waals surface area (Å²) in [7, 11) is 1.66. The van der Waals surface area contributed by atoms with E-state index >= 15 is 0 Å². The molecule has 0 saturated heterocycles. The molecule has 0 spiro atoms. The summed E-state index contributed by atoms with van der Waals surface area (Å²) >= 11 is 0. The monoisotopic (exact) mass is 275 g/mol. The van der Waals surface area contributed by atoms with Crippen LogP contribution in [0, 0.1) is 5.92 Å². The molecule has 4 heteroatoms. The Balaban J connectivity index is 2.59. The highest BCUT2D eigenvalue weighted by atomic mass is 16.5. The van der Waals surface area contributed by atoms with Crippen molar-refractivity contribution in [1.82, 2.24) is 4.57 Å². The molecule has 0 radical (unpaired) electrons. The van der Waals surface area contributed by atoms with Gasteiger partial charge in [-0.05, 0) is 31.9 Å². The molecule has 2 aromatic rings. The summed E-state index contributed by atoms with van der Waals surface area (Å²) in [5, 5.41) is 10.2. The van der Waals surface area contributed by atoms with E-state index in [1.807, 2.05) is 18.2 Å². The van der Waals surface area contributed by atoms with Crippen molar-refractivity contribution in [2.75, 3.05) is 7.11 Å². The Morgan fingerprint density at radius 2 is 2.05 bits per heavy atom. The Morgan fingerprint density at radius 3 is 2.60 bits per heavy atom. The third-order valence-electron chi connectivity index (χ3n) is 3.62. The van der Waals surface area contributed by atoms with Crippen molar-refractivity contribution in [2.45, 2.75) is 33.2 Å². The highest BCUT2D eigenvalue weighted by Gasteiger charge is 2.18. The van der Waals surface area contributed by atoms with Gasteiger partial charge in [0.2, 0.25) is 0 Å². The van der Waals surface area contributed by atoms with E-state index in [1.54, 1.807) is 14.0 Å². The molecule has 1 aromatic carbocycles. The number of carbonyl (C=O) groups is 1. The Hall–Kier alpha value is -1.97. The first-order valence-electron chi connectivity index (χ1n) is 6.85. The summed E-state index contributed by atoms with van der Waals surface area (Å²) in [6, 6.07) is 6.20. The highest BCUT2D eigenvalue weighted by molar-refractivity contribution is 5.89. The van der Waals surface area contributed by atoms with Gasteiger partial charge in [0.05, 0.1) is 18.5 Å². The van der Waals surface area contributed by atoms with Crippen molar-refractivity contribution in [3.63, 3.8) is 0 Å². The number of fused-ring (bicyclic) bond motifs is 1. The van der Waals surface area contributed by atoms with Gasteiger partial charge in [0.1, 0.15) is 5.75 Å². The SMILES string of the molecule is COc1cccc2c(CC(C)C(=O)O)cn(C(C)C)c12. The fraction of sp³-hybridized carbons (Fsp3) is 0.438. The van der Waals surface area contributed by atoms with Crippen LogP contribution in [0.1, 0.15) is 32.4 Å². The molecule has 108 valence electrons. The summed E-state index contributed by atoms with van der Waals surface area (Å²) in [5.41, 5.74) is 2.10. The lowest BCUT2D eigenvalue weighted by Crippen LogP contribution is -2.12. The van der Waals surface area contributed by atoms with E-state index < -0.39 is 11.9 Å². The standard InChI is InChI=1S/C16H21NO3/c1-10(2)17-9-12(8-11(3)16(18)19)13-6-5-7-14(20-4)15(13)17/h5-7,9-11H,8H2,1-4H3,(H,18,19). The van der Waals surface area contributed by atoms with Gasteiger partial charge in [0.25, 0.3) is 0 Å². The molecule has 0 aliphatic heterocycles. The van der Waals surface area contributed by atoms with Crippen LogP contribution in [0.4, 0.5) is 0 Å². The second-order valence-electron chi connectivity index (χ2n) is 5.46. The van der Waals surface area contributed by atoms with Gasteiger partial charge in [-0.1, -0.05) is 19.1 Å². The van der Waals surface area contributed by atoms with E-state index in [1.165, 1.54) is 0 Å². The fourth-order valence-corrected chi connectivity index (χ4v) is 2.50. The zero-order valence-corrected chi connectivity index (χ0v) is 12.4. The molecular weight excluding hydrogens is 254 g/mol. The Morgan fingerprint density at radius 1 is 1.35 bits per heavy atom. The number of ether oxygens (including phenoxy) is 1. The quantitative estimate of drug-likeness (QED) is 0.908. The first-order valence-corrected chi connectivity index (χ1v) is 6.85. The predicted octanol–water partition coefficient (Wildman–Crippen LogP) is 3.49. The largest absolute Gasteiger partial charge is 0.495 e. The van der Waals surface area contributed by atoms with Crippen LogP contribution in [0.5, 0.6) is 5.75 Å². The number of nitrogens with zero attached hydrogens (tertiary/aromatic N) is 1. The van der Waals surface area contributed by atoms with Gasteiger partial charge < -0.3 is 14.4 Å². The number of hydrogen-bond acceptors (Lipinski definition) is 2. The molecule has 0 aliphatic rings. The van der Waals surface area contributed by atoms with Crippen molar-refractivity contribution < 1.29 is 14.6 Å². The molecule has 1 heterocycles. The van der Waals surface area contributed by atoms with E-state index in [0.29, 0.717) is 12.5 Å². The molecule has 4 nitrogen and oxygen atoms in total. The number of hydrogen-bond donors (Lipinski definition) is 1. The smallest absolute Gasteiger partial charge is 0.306 e. The molecule has 1 N–H and O–H groups in total. The second kappa shape index (κ2) is 5.57. The molecule has 0 saturated carbocycles. The van der Waals surface area contributed by atoms with Gasteiger partial charge in [-0.15, -0.1) is 0 Å². The van der Waals surface area contributed by atoms with Crippen molar-refractivity contribution in [1.29, 1.82) is 0 Å². The number of para-hydroxylation sites is 1. The van der Waals surface area contributed by atoms with Crippen LogP contribution in [-0.4, -0.2) is 22.8 Å². The lowest BCUT2D eigenvalue weighted by molar-refractivity contribution is -0.141. The van der Waals surface area contributed by atoms with Gasteiger partial charge in [0, 0.05) is 17.6 Å². The van der Waals surface area contributed by atoms with Gasteiger partial charge in [-0.3, -0.25) is 4.79 Å². The number of carboxylic acid groups (broad SMARTS) is 1. The van der Waals surface area contributed by atoms with E-state index in [0.717, 1.165) is 22.2 Å². The van der Waals surface area contributed by atoms with Crippen LogP contribution < -0.4 is 4.74 Å². The lowest BCUT2D eigenvalue weighted by atomic mass is 10.0. The second-order valence-corrected chi connectivity index (χ2v) is 5.46. The summed E-state index contributed by atoms with van der Waals surface area (Å²) < 4.78 is 7.60. The molecule has 0 amide bonds. The topological polar surface area (TPSA) is 51.5 Å². The average Bonchev–Trinajstić information content (AvgIpc) is 2.77. The molecule has 2 rings (SSSR count). The minimum atomic E-state index is -0.765. The minimum Gasteiger partial charge on any atom is -0.495 e. The number of rotatable bonds is 5. The Kier molecular flexibility index (Phi) is 4.02. The van der Waals surface area contributed by atoms with Gasteiger partial charge >= 0.3 is 5.97 Å². The van der Waals surface area contributed by atoms with E-state index in [2.05, 4.69) is 24.6 Å². The molecule has 1 unspecified atom stereocenters. The number of carboxylic acids is 1. The normalized spacial score (nSPS) is 12.8. The maximum absolute atomic E-state index is 11.1. The summed E-state index contributed by atoms with van der Waals surface area (Å²) in [6.07, 6.45) is 2.58. The summed E-state index contributed by atoms with van der Waals surface area (Å²) in [6.45, 7) is 5.95. The summed E-state index contributed by atoms with van der Waals surface area (Å²) in [4.78, 5) is 11.1. The molecule has 1 atom stereocenters. The van der Waals surface area contributed by atoms with Crippen LogP contribution in [0.25, 0.3) is 10.9 Å². The van der Waals surface area contributed by atoms with Crippen molar-refractivity contribution in [2.24, 2.45) is 5.92 Å². The molecule has 0 bridgehead atoms. The Bertz CT molecular complexity index is 628. The van der Waals surface area contributed by atoms with Crippen LogP contribution in [0.2, 0.25) is 0 Å². The summed E-state index contributed by atoms with van der Waals surface area (Å²) in [5.74, 6) is -0.337. The molecular formula is C16H21NO3. The number of aliphatic carboxylic acids is 1. The minimum absolute atomic E-state index is 0.294. The van der Waals surface area contributed by atoms with Crippen LogP contribution in [-0.2, 0) is 11.2 Å². The van der Waals surface area contributed by atoms with E-state index in [-0.39, 0.29) is 0 Å². The molecule has 0 aliphatic carbocycles. The van der Waals surface area contributed by atoms with Crippen molar-refractivity contribution in [3.05, 3.63) is 30.0 Å². The maximum atomic E-state index is 11.1. The van der Waals surface area contributed by atoms with Crippen LogP contribution in [0.15, 0.2) is 24.4 Å². The van der Waals surface area contributed by atoms with Gasteiger partial charge in [-0.25, -0.2) is 0 Å². The number of methoxy groups -OCH3 is 1. The maximum Gasteiger partial charge on any atom is 0.306 e. The highest BCUT2D eigenvalue weighted by Crippen LogP contribution is 2.33. The predicted molar refractivity (Wildman–Crippen MR) is 79.4 cm³/mol. The van der Waals surface area contributed by atoms with Crippen LogP contribution in [0.3, 0.4) is 0 Å². The molecule has 0 fully saturated rings. The van der Waals surface area contributed by atoms with Crippen molar-refractivity contribution in [3.8, 4) is 5.75 Å². The molecule has 1 aromatic heterocycles. The third-order valence-corrected chi connectivity index (χ3v) is 3.62. The van der Waals surface area contributed by atoms with Gasteiger partial charge in [0.15, 0.2) is 0 Å². The first-order chi connectivity index (χ1) is 9.45. The third kappa shape index (κ3) is 2.50. The van der Waals surface area contributed by atoms with Crippen LogP contribution >= 0.6 is 0 Å².